The molecule has 0 aliphatic carbocycles. The van der Waals surface area contributed by atoms with E-state index in [0.29, 0.717) is 65.3 Å². The van der Waals surface area contributed by atoms with E-state index in [4.69, 9.17) is 31.0 Å². The Kier molecular flexibility index (Phi) is 15.6. The third-order valence-corrected chi connectivity index (χ3v) is 8.28. The summed E-state index contributed by atoms with van der Waals surface area (Å²) in [5.74, 6) is 0.433. The minimum absolute atomic E-state index is 0. The van der Waals surface area contributed by atoms with Gasteiger partial charge >= 0.3 is 11.9 Å². The Hall–Kier alpha value is -4.76. The Balaban J connectivity index is 0.000000559. The van der Waals surface area contributed by atoms with Crippen molar-refractivity contribution in [3.05, 3.63) is 101 Å². The maximum Gasteiger partial charge on any atom is 0.303 e. The number of rotatable bonds is 16. The van der Waals surface area contributed by atoms with Crippen molar-refractivity contribution in [3.63, 3.8) is 0 Å². The summed E-state index contributed by atoms with van der Waals surface area (Å²) in [7, 11) is -3.02. The second kappa shape index (κ2) is 19.6. The molecule has 3 aromatic carbocycles. The number of nitrogens with one attached hydrogen (secondary N) is 2. The quantitative estimate of drug-likeness (QED) is 0.0739. The van der Waals surface area contributed by atoms with E-state index in [1.54, 1.807) is 24.3 Å². The average molecular weight is 764 g/mol. The predicted molar refractivity (Wildman–Crippen MR) is 195 cm³/mol. The fourth-order valence-electron chi connectivity index (χ4n) is 4.58. The lowest BCUT2D eigenvalue weighted by Crippen LogP contribution is -2.21. The normalized spacial score (nSPS) is 10.9. The summed E-state index contributed by atoms with van der Waals surface area (Å²) in [5.41, 5.74) is 2.99. The molecule has 0 bridgehead atoms. The van der Waals surface area contributed by atoms with Gasteiger partial charge in [-0.1, -0.05) is 23.7 Å². The molecule has 0 radical (unpaired) electrons. The first-order valence-corrected chi connectivity index (χ1v) is 17.9. The molecular weight excluding hydrogens is 726 g/mol. The van der Waals surface area contributed by atoms with Crippen molar-refractivity contribution in [1.29, 1.82) is 0 Å². The molecule has 0 atom stereocenters. The van der Waals surface area contributed by atoms with E-state index >= 15 is 0 Å². The highest BCUT2D eigenvalue weighted by Gasteiger charge is 2.12. The standard InChI is InChI=1S/C29H26ClFN4O4S.C6H10O4.ClH/c1-40(36,37)12-11-32-16-23-7-10-27(39-23)20-5-8-26-24(14-20)29(34-18-33-26)35-22-6-9-28(25(30)15-22)38-17-19-3-2-4-21(31)13-19;7-5(8)3-1-2-4-6(9)10;/h2-10,13-15,18,32H,11-12,16-17H2,1H3,(H,33,34,35);1-4H2,(H,7,8)(H,9,10);1H. The SMILES string of the molecule is CS(=O)(=O)CCNCc1ccc(-c2ccc3ncnc(Nc4ccc(OCc5cccc(F)c5)c(Cl)c4)c3c2)o1.Cl.O=C(O)CCCCC(=O)O. The largest absolute Gasteiger partial charge is 0.487 e. The third-order valence-electron chi connectivity index (χ3n) is 7.04. The molecule has 2 aromatic heterocycles. The van der Waals surface area contributed by atoms with Crippen LogP contribution in [0.3, 0.4) is 0 Å². The number of nitrogens with zero attached hydrogens (tertiary/aromatic N) is 2. The second-order valence-electron chi connectivity index (χ2n) is 11.2. The van der Waals surface area contributed by atoms with Crippen molar-refractivity contribution in [3.8, 4) is 17.1 Å². The second-order valence-corrected chi connectivity index (χ2v) is 13.9. The smallest absolute Gasteiger partial charge is 0.303 e. The van der Waals surface area contributed by atoms with E-state index < -0.39 is 21.8 Å². The van der Waals surface area contributed by atoms with Crippen LogP contribution in [0, 0.1) is 5.82 Å². The molecule has 0 fully saturated rings. The van der Waals surface area contributed by atoms with E-state index in [-0.39, 0.29) is 43.4 Å². The number of anilines is 2. The average Bonchev–Trinajstić information content (AvgIpc) is 3.54. The van der Waals surface area contributed by atoms with Gasteiger partial charge in [-0.25, -0.2) is 22.8 Å². The van der Waals surface area contributed by atoms with Gasteiger partial charge < -0.3 is 30.0 Å². The molecule has 0 saturated heterocycles. The van der Waals surface area contributed by atoms with Crippen LogP contribution in [0.25, 0.3) is 22.2 Å². The van der Waals surface area contributed by atoms with Crippen LogP contribution >= 0.6 is 24.0 Å². The number of fused-ring (bicyclic) bond motifs is 1. The van der Waals surface area contributed by atoms with Crippen LogP contribution < -0.4 is 15.4 Å². The molecule has 5 rings (SSSR count). The summed E-state index contributed by atoms with van der Waals surface area (Å²) in [6.45, 7) is 0.956. The minimum atomic E-state index is -3.02. The summed E-state index contributed by atoms with van der Waals surface area (Å²) >= 11 is 6.47. The van der Waals surface area contributed by atoms with Crippen LogP contribution in [0.5, 0.6) is 5.75 Å². The number of aromatic nitrogens is 2. The van der Waals surface area contributed by atoms with E-state index in [0.717, 1.165) is 16.5 Å². The molecule has 4 N–H and O–H groups in total. The molecule has 5 aromatic rings. The lowest BCUT2D eigenvalue weighted by molar-refractivity contribution is -0.139. The Bertz CT molecular complexity index is 2030. The lowest BCUT2D eigenvalue weighted by atomic mass is 10.1. The topological polar surface area (TPSA) is 181 Å². The number of carboxylic acids is 2. The van der Waals surface area contributed by atoms with Crippen LogP contribution in [0.1, 0.15) is 37.0 Å². The van der Waals surface area contributed by atoms with Gasteiger partial charge in [-0.2, -0.15) is 0 Å². The van der Waals surface area contributed by atoms with Gasteiger partial charge in [0.05, 0.1) is 22.8 Å². The molecular formula is C35H37Cl2FN4O8S. The van der Waals surface area contributed by atoms with Crippen LogP contribution in [-0.2, 0) is 32.6 Å². The van der Waals surface area contributed by atoms with Crippen molar-refractivity contribution in [2.24, 2.45) is 0 Å². The van der Waals surface area contributed by atoms with Crippen molar-refractivity contribution in [2.45, 2.75) is 38.8 Å². The summed E-state index contributed by atoms with van der Waals surface area (Å²) in [5, 5.41) is 23.8. The zero-order valence-corrected chi connectivity index (χ0v) is 29.9. The number of carbonyl (C=O) groups is 2. The van der Waals surface area contributed by atoms with Crippen LogP contribution in [-0.4, -0.2) is 59.1 Å². The third kappa shape index (κ3) is 13.8. The Morgan fingerprint density at radius 3 is 2.37 bits per heavy atom. The van der Waals surface area contributed by atoms with E-state index in [2.05, 4.69) is 20.6 Å². The Labute approximate surface area is 305 Å². The maximum atomic E-state index is 13.4. The number of aliphatic carboxylic acids is 2. The molecule has 12 nitrogen and oxygen atoms in total. The molecule has 16 heteroatoms. The van der Waals surface area contributed by atoms with Gasteiger partial charge in [0.15, 0.2) is 0 Å². The fourth-order valence-corrected chi connectivity index (χ4v) is 5.33. The number of carboxylic acid groups (broad SMARTS) is 2. The summed E-state index contributed by atoms with van der Waals surface area (Å²) < 4.78 is 47.8. The Morgan fingerprint density at radius 2 is 1.71 bits per heavy atom. The number of benzene rings is 3. The molecule has 0 aliphatic heterocycles. The lowest BCUT2D eigenvalue weighted by Gasteiger charge is -2.12. The van der Waals surface area contributed by atoms with Crippen molar-refractivity contribution >= 4 is 68.2 Å². The Morgan fingerprint density at radius 1 is 0.961 bits per heavy atom. The zero-order chi connectivity index (χ0) is 36.1. The number of ether oxygens (including phenoxy) is 1. The molecule has 51 heavy (non-hydrogen) atoms. The molecule has 0 aliphatic rings. The first-order valence-electron chi connectivity index (χ1n) is 15.5. The van der Waals surface area contributed by atoms with Crippen molar-refractivity contribution in [2.75, 3.05) is 23.9 Å². The minimum Gasteiger partial charge on any atom is -0.487 e. The van der Waals surface area contributed by atoms with Crippen molar-refractivity contribution in [1.82, 2.24) is 15.3 Å². The van der Waals surface area contributed by atoms with E-state index in [9.17, 15) is 22.4 Å². The molecule has 0 saturated carbocycles. The number of hydrogen-bond acceptors (Lipinski definition) is 10. The summed E-state index contributed by atoms with van der Waals surface area (Å²) in [6.07, 6.45) is 3.71. The zero-order valence-electron chi connectivity index (χ0n) is 27.5. The van der Waals surface area contributed by atoms with Crippen LogP contribution in [0.15, 0.2) is 83.5 Å². The number of halogens is 3. The fraction of sp³-hybridized carbons (Fsp3) is 0.257. The number of furan rings is 1. The first kappa shape index (κ1) is 40.7. The van der Waals surface area contributed by atoms with Crippen molar-refractivity contribution < 1.29 is 41.8 Å². The predicted octanol–water partition coefficient (Wildman–Crippen LogP) is 7.28. The highest BCUT2D eigenvalue weighted by atomic mass is 35.5. The van der Waals surface area contributed by atoms with Gasteiger partial charge in [-0.05, 0) is 79.1 Å². The molecule has 0 spiro atoms. The highest BCUT2D eigenvalue weighted by Crippen LogP contribution is 2.33. The van der Waals surface area contributed by atoms with E-state index in [1.807, 2.05) is 36.4 Å². The number of sulfone groups is 1. The van der Waals surface area contributed by atoms with E-state index in [1.165, 1.54) is 24.7 Å². The number of unbranched alkanes of at least 4 members (excludes halogenated alkanes) is 1. The van der Waals surface area contributed by atoms with Gasteiger partial charge in [-0.15, -0.1) is 12.4 Å². The summed E-state index contributed by atoms with van der Waals surface area (Å²) in [6, 6.07) is 21.0. The molecule has 0 unspecified atom stereocenters. The van der Waals surface area contributed by atoms with Gasteiger partial charge in [0, 0.05) is 42.3 Å². The highest BCUT2D eigenvalue weighted by molar-refractivity contribution is 7.90. The van der Waals surface area contributed by atoms with Crippen LogP contribution in [0.4, 0.5) is 15.9 Å². The first-order chi connectivity index (χ1) is 23.9. The molecule has 2 heterocycles. The maximum absolute atomic E-state index is 13.4. The molecule has 0 amide bonds. The van der Waals surface area contributed by atoms with Gasteiger partial charge in [0.25, 0.3) is 0 Å². The molecule has 272 valence electrons. The summed E-state index contributed by atoms with van der Waals surface area (Å²) in [4.78, 5) is 28.6. The monoisotopic (exact) mass is 762 g/mol. The van der Waals surface area contributed by atoms with Gasteiger partial charge in [0.1, 0.15) is 51.7 Å². The number of hydrogen-bond donors (Lipinski definition) is 4. The van der Waals surface area contributed by atoms with Crippen LogP contribution in [0.2, 0.25) is 5.02 Å². The van der Waals surface area contributed by atoms with Gasteiger partial charge in [-0.3, -0.25) is 9.59 Å². The van der Waals surface area contributed by atoms with Gasteiger partial charge in [0.2, 0.25) is 0 Å².